The molecular weight excluding hydrogens is 314 g/mol. The molecule has 3 amide bonds. The van der Waals surface area contributed by atoms with Crippen molar-refractivity contribution in [3.63, 3.8) is 0 Å². The van der Waals surface area contributed by atoms with Gasteiger partial charge in [-0.25, -0.2) is 4.79 Å². The number of urea groups is 1. The SMILES string of the molecule is CN(C(=O)CCCCNC(N)=O)C1c2ccccc2-c2ccccc21. The topological polar surface area (TPSA) is 75.4 Å². The van der Waals surface area contributed by atoms with Gasteiger partial charge in [-0.05, 0) is 35.1 Å². The van der Waals surface area contributed by atoms with Crippen LogP contribution in [-0.4, -0.2) is 30.4 Å². The summed E-state index contributed by atoms with van der Waals surface area (Å²) in [5.41, 5.74) is 9.79. The number of hydrogen-bond acceptors (Lipinski definition) is 2. The highest BCUT2D eigenvalue weighted by molar-refractivity contribution is 5.83. The molecule has 0 heterocycles. The van der Waals surface area contributed by atoms with Gasteiger partial charge in [-0.1, -0.05) is 48.5 Å². The molecule has 0 spiro atoms. The van der Waals surface area contributed by atoms with Crippen molar-refractivity contribution in [2.75, 3.05) is 13.6 Å². The van der Waals surface area contributed by atoms with Crippen LogP contribution in [0.3, 0.4) is 0 Å². The van der Waals surface area contributed by atoms with E-state index >= 15 is 0 Å². The third-order valence-corrected chi connectivity index (χ3v) is 4.70. The maximum atomic E-state index is 12.7. The van der Waals surface area contributed by atoms with Crippen molar-refractivity contribution in [2.24, 2.45) is 5.73 Å². The van der Waals surface area contributed by atoms with E-state index in [1.54, 1.807) is 0 Å². The van der Waals surface area contributed by atoms with E-state index in [1.807, 2.05) is 36.2 Å². The summed E-state index contributed by atoms with van der Waals surface area (Å²) in [5, 5.41) is 2.54. The summed E-state index contributed by atoms with van der Waals surface area (Å²) in [6.07, 6.45) is 1.91. The molecule has 3 N–H and O–H groups in total. The van der Waals surface area contributed by atoms with Gasteiger partial charge < -0.3 is 16.0 Å². The zero-order valence-electron chi connectivity index (χ0n) is 14.4. The summed E-state index contributed by atoms with van der Waals surface area (Å²) < 4.78 is 0. The molecule has 130 valence electrons. The van der Waals surface area contributed by atoms with Crippen molar-refractivity contribution in [3.8, 4) is 11.1 Å². The highest BCUT2D eigenvalue weighted by Gasteiger charge is 2.32. The Labute approximate surface area is 147 Å². The number of nitrogens with one attached hydrogen (secondary N) is 1. The largest absolute Gasteiger partial charge is 0.352 e. The van der Waals surface area contributed by atoms with Gasteiger partial charge in [-0.15, -0.1) is 0 Å². The minimum atomic E-state index is -0.525. The first-order valence-electron chi connectivity index (χ1n) is 8.57. The van der Waals surface area contributed by atoms with E-state index in [0.717, 1.165) is 12.8 Å². The quantitative estimate of drug-likeness (QED) is 0.795. The van der Waals surface area contributed by atoms with E-state index in [1.165, 1.54) is 22.3 Å². The number of hydrogen-bond donors (Lipinski definition) is 2. The second kappa shape index (κ2) is 7.38. The Morgan fingerprint density at radius 1 is 1.00 bits per heavy atom. The minimum Gasteiger partial charge on any atom is -0.352 e. The van der Waals surface area contributed by atoms with Crippen molar-refractivity contribution in [1.82, 2.24) is 10.2 Å². The molecular formula is C20H23N3O2. The summed E-state index contributed by atoms with van der Waals surface area (Å²) in [5.74, 6) is 0.107. The Kier molecular flexibility index (Phi) is 5.03. The molecule has 2 aromatic carbocycles. The van der Waals surface area contributed by atoms with Crippen LogP contribution in [0.2, 0.25) is 0 Å². The lowest BCUT2D eigenvalue weighted by atomic mass is 10.0. The van der Waals surface area contributed by atoms with Crippen molar-refractivity contribution < 1.29 is 9.59 Å². The number of rotatable bonds is 6. The molecule has 0 aromatic heterocycles. The van der Waals surface area contributed by atoms with E-state index in [4.69, 9.17) is 5.73 Å². The van der Waals surface area contributed by atoms with Crippen LogP contribution in [0.15, 0.2) is 48.5 Å². The number of carbonyl (C=O) groups is 2. The summed E-state index contributed by atoms with van der Waals surface area (Å²) in [7, 11) is 1.87. The molecule has 0 fully saturated rings. The van der Waals surface area contributed by atoms with Gasteiger partial charge in [-0.3, -0.25) is 4.79 Å². The number of nitrogens with zero attached hydrogens (tertiary/aromatic N) is 1. The normalized spacial score (nSPS) is 12.4. The first-order chi connectivity index (χ1) is 12.1. The molecule has 1 aliphatic rings. The van der Waals surface area contributed by atoms with Gasteiger partial charge in [0.25, 0.3) is 0 Å². The number of primary amides is 1. The Balaban J connectivity index is 1.70. The molecule has 0 saturated carbocycles. The van der Waals surface area contributed by atoms with Gasteiger partial charge in [0.2, 0.25) is 5.91 Å². The highest BCUT2D eigenvalue weighted by atomic mass is 16.2. The molecule has 2 aromatic rings. The van der Waals surface area contributed by atoms with Crippen molar-refractivity contribution in [3.05, 3.63) is 59.7 Å². The predicted octanol–water partition coefficient (Wildman–Crippen LogP) is 3.05. The average Bonchev–Trinajstić information content (AvgIpc) is 2.95. The standard InChI is InChI=1S/C20H23N3O2/c1-23(18(24)12-6-7-13-22-20(21)25)19-16-10-4-2-8-14(16)15-9-3-5-11-17(15)19/h2-5,8-11,19H,6-7,12-13H2,1H3,(H3,21,22,25). The molecule has 0 radical (unpaired) electrons. The van der Waals surface area contributed by atoms with E-state index in [0.29, 0.717) is 13.0 Å². The van der Waals surface area contributed by atoms with Gasteiger partial charge in [-0.2, -0.15) is 0 Å². The first kappa shape index (κ1) is 17.0. The van der Waals surface area contributed by atoms with Crippen molar-refractivity contribution in [1.29, 1.82) is 0 Å². The lowest BCUT2D eigenvalue weighted by Crippen LogP contribution is -2.32. The molecule has 25 heavy (non-hydrogen) atoms. The molecule has 0 bridgehead atoms. The Morgan fingerprint density at radius 3 is 2.12 bits per heavy atom. The third kappa shape index (κ3) is 3.50. The maximum Gasteiger partial charge on any atom is 0.312 e. The zero-order chi connectivity index (χ0) is 17.8. The van der Waals surface area contributed by atoms with Crippen LogP contribution in [0.4, 0.5) is 4.79 Å². The minimum absolute atomic E-state index is 0.0383. The molecule has 3 rings (SSSR count). The monoisotopic (exact) mass is 337 g/mol. The van der Waals surface area contributed by atoms with Crippen LogP contribution >= 0.6 is 0 Å². The van der Waals surface area contributed by atoms with E-state index in [2.05, 4.69) is 29.6 Å². The molecule has 5 heteroatoms. The fourth-order valence-corrected chi connectivity index (χ4v) is 3.48. The van der Waals surface area contributed by atoms with Crippen LogP contribution in [0.1, 0.15) is 36.4 Å². The maximum absolute atomic E-state index is 12.7. The Morgan fingerprint density at radius 2 is 1.56 bits per heavy atom. The average molecular weight is 337 g/mol. The Bertz CT molecular complexity index is 743. The van der Waals surface area contributed by atoms with E-state index < -0.39 is 6.03 Å². The van der Waals surface area contributed by atoms with Gasteiger partial charge in [0, 0.05) is 20.0 Å². The molecule has 0 unspecified atom stereocenters. The fraction of sp³-hybridized carbons (Fsp3) is 0.300. The highest BCUT2D eigenvalue weighted by Crippen LogP contribution is 2.45. The van der Waals surface area contributed by atoms with E-state index in [9.17, 15) is 9.59 Å². The predicted molar refractivity (Wildman–Crippen MR) is 97.9 cm³/mol. The van der Waals surface area contributed by atoms with Gasteiger partial charge in [0.1, 0.15) is 0 Å². The van der Waals surface area contributed by atoms with Crippen LogP contribution in [-0.2, 0) is 4.79 Å². The number of amides is 3. The van der Waals surface area contributed by atoms with E-state index in [-0.39, 0.29) is 11.9 Å². The lowest BCUT2D eigenvalue weighted by Gasteiger charge is -2.26. The van der Waals surface area contributed by atoms with Crippen molar-refractivity contribution >= 4 is 11.9 Å². The second-order valence-corrected chi connectivity index (χ2v) is 6.33. The molecule has 5 nitrogen and oxygen atoms in total. The van der Waals surface area contributed by atoms with Gasteiger partial charge in [0.15, 0.2) is 0 Å². The van der Waals surface area contributed by atoms with Crippen molar-refractivity contribution in [2.45, 2.75) is 25.3 Å². The van der Waals surface area contributed by atoms with Crippen LogP contribution in [0.25, 0.3) is 11.1 Å². The number of carbonyl (C=O) groups excluding carboxylic acids is 2. The molecule has 0 saturated heterocycles. The number of fused-ring (bicyclic) bond motifs is 3. The third-order valence-electron chi connectivity index (χ3n) is 4.70. The zero-order valence-corrected chi connectivity index (χ0v) is 14.4. The lowest BCUT2D eigenvalue weighted by molar-refractivity contribution is -0.131. The summed E-state index contributed by atoms with van der Waals surface area (Å²) in [6, 6.07) is 16.0. The molecule has 0 aliphatic heterocycles. The smallest absolute Gasteiger partial charge is 0.312 e. The van der Waals surface area contributed by atoms with Crippen LogP contribution < -0.4 is 11.1 Å². The number of nitrogens with two attached hydrogens (primary N) is 1. The number of benzene rings is 2. The fourth-order valence-electron chi connectivity index (χ4n) is 3.48. The summed E-state index contributed by atoms with van der Waals surface area (Å²) >= 11 is 0. The molecule has 1 aliphatic carbocycles. The van der Waals surface area contributed by atoms with Gasteiger partial charge in [0.05, 0.1) is 6.04 Å². The summed E-state index contributed by atoms with van der Waals surface area (Å²) in [4.78, 5) is 25.1. The Hall–Kier alpha value is -2.82. The van der Waals surface area contributed by atoms with Crippen LogP contribution in [0.5, 0.6) is 0 Å². The first-order valence-corrected chi connectivity index (χ1v) is 8.57. The molecule has 0 atom stereocenters. The van der Waals surface area contributed by atoms with Crippen LogP contribution in [0, 0.1) is 0 Å². The second-order valence-electron chi connectivity index (χ2n) is 6.33. The van der Waals surface area contributed by atoms with Gasteiger partial charge >= 0.3 is 6.03 Å². The summed E-state index contributed by atoms with van der Waals surface area (Å²) in [6.45, 7) is 0.501. The number of unbranched alkanes of at least 4 members (excludes halogenated alkanes) is 1.